The molecule has 0 bridgehead atoms. The Kier molecular flexibility index (Phi) is 1.45. The zero-order chi connectivity index (χ0) is 6.69. The highest BCUT2D eigenvalue weighted by molar-refractivity contribution is 4.84. The number of nitriles is 1. The van der Waals surface area contributed by atoms with E-state index in [1.807, 2.05) is 6.07 Å². The number of hydrogen-bond acceptors (Lipinski definition) is 3. The monoisotopic (exact) mass is 122 g/mol. The number of nitrogens with zero attached hydrogens (tertiary/aromatic N) is 4. The first-order valence-electron chi connectivity index (χ1n) is 2.60. The molecule has 4 heteroatoms. The quantitative estimate of drug-likeness (QED) is 0.540. The van der Waals surface area contributed by atoms with Gasteiger partial charge in [-0.05, 0) is 6.92 Å². The molecule has 1 heterocycles. The Labute approximate surface area is 52.7 Å². The summed E-state index contributed by atoms with van der Waals surface area (Å²) in [6.45, 7) is 1.76. The molecule has 0 radical (unpaired) electrons. The Morgan fingerprint density at radius 1 is 1.78 bits per heavy atom. The summed E-state index contributed by atoms with van der Waals surface area (Å²) in [6.07, 6.45) is 3.21. The van der Waals surface area contributed by atoms with Crippen molar-refractivity contribution in [2.45, 2.75) is 13.0 Å². The highest BCUT2D eigenvalue weighted by atomic mass is 15.4. The first-order chi connectivity index (χ1) is 4.34. The SMILES string of the molecule is CC(C#N)n1ccnn1. The summed E-state index contributed by atoms with van der Waals surface area (Å²) in [4.78, 5) is 0. The van der Waals surface area contributed by atoms with Crippen molar-refractivity contribution in [2.75, 3.05) is 0 Å². The molecule has 9 heavy (non-hydrogen) atoms. The number of aromatic nitrogens is 3. The van der Waals surface area contributed by atoms with Crippen LogP contribution in [0.5, 0.6) is 0 Å². The van der Waals surface area contributed by atoms with Gasteiger partial charge >= 0.3 is 0 Å². The van der Waals surface area contributed by atoms with E-state index in [0.29, 0.717) is 0 Å². The summed E-state index contributed by atoms with van der Waals surface area (Å²) in [6, 6.07) is 1.81. The summed E-state index contributed by atoms with van der Waals surface area (Å²) in [5, 5.41) is 15.6. The van der Waals surface area contributed by atoms with Gasteiger partial charge in [-0.25, -0.2) is 4.68 Å². The third-order valence-electron chi connectivity index (χ3n) is 1.02. The molecule has 0 amide bonds. The van der Waals surface area contributed by atoms with Crippen molar-refractivity contribution in [3.63, 3.8) is 0 Å². The van der Waals surface area contributed by atoms with Gasteiger partial charge in [-0.2, -0.15) is 5.26 Å². The second kappa shape index (κ2) is 2.27. The normalized spacial score (nSPS) is 12.4. The Hall–Kier alpha value is -1.37. The fourth-order valence-corrected chi connectivity index (χ4v) is 0.483. The van der Waals surface area contributed by atoms with Crippen molar-refractivity contribution in [2.24, 2.45) is 0 Å². The van der Waals surface area contributed by atoms with E-state index in [4.69, 9.17) is 5.26 Å². The molecule has 1 aromatic rings. The van der Waals surface area contributed by atoms with Crippen LogP contribution in [0.4, 0.5) is 0 Å². The fraction of sp³-hybridized carbons (Fsp3) is 0.400. The predicted molar refractivity (Wildman–Crippen MR) is 30.3 cm³/mol. The second-order valence-electron chi connectivity index (χ2n) is 1.69. The summed E-state index contributed by atoms with van der Waals surface area (Å²) >= 11 is 0. The minimum Gasteiger partial charge on any atom is -0.236 e. The van der Waals surface area contributed by atoms with E-state index in [1.54, 1.807) is 19.3 Å². The molecule has 0 aliphatic heterocycles. The van der Waals surface area contributed by atoms with Crippen LogP contribution in [0.3, 0.4) is 0 Å². The van der Waals surface area contributed by atoms with Crippen molar-refractivity contribution in [1.29, 1.82) is 5.26 Å². The first-order valence-corrected chi connectivity index (χ1v) is 2.60. The van der Waals surface area contributed by atoms with Crippen molar-refractivity contribution < 1.29 is 0 Å². The van der Waals surface area contributed by atoms with Crippen LogP contribution < -0.4 is 0 Å². The molecule has 0 N–H and O–H groups in total. The summed E-state index contributed by atoms with van der Waals surface area (Å²) < 4.78 is 1.50. The molecule has 46 valence electrons. The Bertz CT molecular complexity index is 207. The van der Waals surface area contributed by atoms with Crippen LogP contribution >= 0.6 is 0 Å². The molecule has 0 aliphatic rings. The van der Waals surface area contributed by atoms with E-state index < -0.39 is 0 Å². The average Bonchev–Trinajstić information content (AvgIpc) is 2.37. The lowest BCUT2D eigenvalue weighted by atomic mass is 10.4. The number of hydrogen-bond donors (Lipinski definition) is 0. The molecule has 1 aromatic heterocycles. The predicted octanol–water partition coefficient (Wildman–Crippen LogP) is 0.363. The topological polar surface area (TPSA) is 54.5 Å². The molecule has 1 rings (SSSR count). The first kappa shape index (κ1) is 5.76. The molecule has 0 saturated heterocycles. The van der Waals surface area contributed by atoms with Crippen molar-refractivity contribution in [3.05, 3.63) is 12.4 Å². The van der Waals surface area contributed by atoms with Crippen LogP contribution in [-0.2, 0) is 0 Å². The Morgan fingerprint density at radius 2 is 2.56 bits per heavy atom. The zero-order valence-electron chi connectivity index (χ0n) is 5.02. The smallest absolute Gasteiger partial charge is 0.137 e. The molecule has 0 fully saturated rings. The third-order valence-corrected chi connectivity index (χ3v) is 1.02. The van der Waals surface area contributed by atoms with Gasteiger partial charge in [0.25, 0.3) is 0 Å². The summed E-state index contributed by atoms with van der Waals surface area (Å²) in [5.74, 6) is 0. The Morgan fingerprint density at radius 3 is 3.00 bits per heavy atom. The maximum absolute atomic E-state index is 8.37. The molecule has 0 spiro atoms. The van der Waals surface area contributed by atoms with Crippen molar-refractivity contribution >= 4 is 0 Å². The lowest BCUT2D eigenvalue weighted by molar-refractivity contribution is 0.567. The van der Waals surface area contributed by atoms with Crippen LogP contribution in [0.1, 0.15) is 13.0 Å². The fourth-order valence-electron chi connectivity index (χ4n) is 0.483. The van der Waals surface area contributed by atoms with Gasteiger partial charge in [-0.1, -0.05) is 5.21 Å². The molecule has 1 unspecified atom stereocenters. The average molecular weight is 122 g/mol. The molecule has 0 saturated carbocycles. The zero-order valence-corrected chi connectivity index (χ0v) is 5.02. The minimum absolute atomic E-state index is 0.215. The second-order valence-corrected chi connectivity index (χ2v) is 1.69. The van der Waals surface area contributed by atoms with Crippen LogP contribution in [0.15, 0.2) is 12.4 Å². The van der Waals surface area contributed by atoms with E-state index >= 15 is 0 Å². The Balaban J connectivity index is 2.80. The van der Waals surface area contributed by atoms with Gasteiger partial charge in [-0.15, -0.1) is 5.10 Å². The molecule has 4 nitrogen and oxygen atoms in total. The van der Waals surface area contributed by atoms with E-state index in [0.717, 1.165) is 0 Å². The van der Waals surface area contributed by atoms with Gasteiger partial charge in [0.2, 0.25) is 0 Å². The minimum atomic E-state index is -0.215. The largest absolute Gasteiger partial charge is 0.236 e. The van der Waals surface area contributed by atoms with Crippen molar-refractivity contribution in [3.8, 4) is 6.07 Å². The molecule has 0 aliphatic carbocycles. The van der Waals surface area contributed by atoms with Crippen molar-refractivity contribution in [1.82, 2.24) is 15.0 Å². The lowest BCUT2D eigenvalue weighted by Crippen LogP contribution is -2.02. The van der Waals surface area contributed by atoms with Gasteiger partial charge in [0, 0.05) is 6.20 Å². The number of rotatable bonds is 1. The van der Waals surface area contributed by atoms with Crippen LogP contribution in [0, 0.1) is 11.3 Å². The van der Waals surface area contributed by atoms with E-state index in [9.17, 15) is 0 Å². The van der Waals surface area contributed by atoms with Gasteiger partial charge < -0.3 is 0 Å². The van der Waals surface area contributed by atoms with Crippen LogP contribution in [0.2, 0.25) is 0 Å². The standard InChI is InChI=1S/C5H6N4/c1-5(4-6)9-3-2-7-8-9/h2-3,5H,1H3. The van der Waals surface area contributed by atoms with Crippen LogP contribution in [-0.4, -0.2) is 15.0 Å². The maximum atomic E-state index is 8.37. The third kappa shape index (κ3) is 1.05. The highest BCUT2D eigenvalue weighted by Gasteiger charge is 1.99. The van der Waals surface area contributed by atoms with E-state index in [2.05, 4.69) is 10.3 Å². The van der Waals surface area contributed by atoms with E-state index in [-0.39, 0.29) is 6.04 Å². The van der Waals surface area contributed by atoms with Crippen LogP contribution in [0.25, 0.3) is 0 Å². The summed E-state index contributed by atoms with van der Waals surface area (Å²) in [7, 11) is 0. The molecule has 1 atom stereocenters. The summed E-state index contributed by atoms with van der Waals surface area (Å²) in [5.41, 5.74) is 0. The van der Waals surface area contributed by atoms with Gasteiger partial charge in [0.05, 0.1) is 12.3 Å². The maximum Gasteiger partial charge on any atom is 0.137 e. The molecular weight excluding hydrogens is 116 g/mol. The van der Waals surface area contributed by atoms with Gasteiger partial charge in [0.15, 0.2) is 0 Å². The van der Waals surface area contributed by atoms with E-state index in [1.165, 1.54) is 4.68 Å². The molecule has 0 aromatic carbocycles. The lowest BCUT2D eigenvalue weighted by Gasteiger charge is -1.97. The highest BCUT2D eigenvalue weighted by Crippen LogP contribution is 1.97. The van der Waals surface area contributed by atoms with Gasteiger partial charge in [0.1, 0.15) is 6.04 Å². The molecular formula is C5H6N4. The van der Waals surface area contributed by atoms with Gasteiger partial charge in [-0.3, -0.25) is 0 Å².